The number of phenolic OH excluding ortho intramolecular Hbond substituents is 1. The Morgan fingerprint density at radius 3 is 2.64 bits per heavy atom. The molecule has 1 fully saturated rings. The van der Waals surface area contributed by atoms with Crippen molar-refractivity contribution in [2.45, 2.75) is 32.2 Å². The number of imidazole rings is 1. The third-order valence-electron chi connectivity index (χ3n) is 4.93. The maximum Gasteiger partial charge on any atom is 0.186 e. The molecule has 1 saturated carbocycles. The van der Waals surface area contributed by atoms with Gasteiger partial charge in [-0.3, -0.25) is 0 Å². The molecule has 1 aliphatic carbocycles. The molecule has 4 rings (SSSR count). The van der Waals surface area contributed by atoms with E-state index in [-0.39, 0.29) is 11.3 Å². The van der Waals surface area contributed by atoms with Gasteiger partial charge in [0.15, 0.2) is 11.6 Å². The number of aromatic hydroxyl groups is 1. The molecule has 0 spiro atoms. The Balaban J connectivity index is 1.93. The number of aromatic nitrogens is 2. The van der Waals surface area contributed by atoms with E-state index < -0.39 is 11.6 Å². The molecule has 1 N–H and O–H groups in total. The van der Waals surface area contributed by atoms with Crippen molar-refractivity contribution in [1.82, 2.24) is 9.55 Å². The van der Waals surface area contributed by atoms with Crippen LogP contribution in [0.5, 0.6) is 5.75 Å². The molecule has 1 aliphatic rings. The van der Waals surface area contributed by atoms with Gasteiger partial charge in [0.2, 0.25) is 0 Å². The number of rotatable bonds is 3. The van der Waals surface area contributed by atoms with Crippen molar-refractivity contribution < 1.29 is 13.9 Å². The SMILES string of the molecule is Oc1cc(Cl)ccc1-c1nc2c(F)c(F)ccc2n1CC1CCCC1. The molecule has 0 amide bonds. The van der Waals surface area contributed by atoms with Gasteiger partial charge in [0.1, 0.15) is 17.1 Å². The number of hydrogen-bond acceptors (Lipinski definition) is 2. The summed E-state index contributed by atoms with van der Waals surface area (Å²) in [6.07, 6.45) is 4.58. The molecule has 6 heteroatoms. The van der Waals surface area contributed by atoms with Crippen LogP contribution in [-0.4, -0.2) is 14.7 Å². The zero-order valence-corrected chi connectivity index (χ0v) is 14.2. The fourth-order valence-electron chi connectivity index (χ4n) is 3.67. The second-order valence-corrected chi connectivity index (χ2v) is 7.02. The molecule has 1 heterocycles. The van der Waals surface area contributed by atoms with E-state index in [9.17, 15) is 13.9 Å². The predicted molar refractivity (Wildman–Crippen MR) is 93.7 cm³/mol. The van der Waals surface area contributed by atoms with Crippen molar-refractivity contribution in [2.24, 2.45) is 5.92 Å². The molecular formula is C19H17ClF2N2O. The average molecular weight is 363 g/mol. The number of benzene rings is 2. The maximum atomic E-state index is 14.3. The van der Waals surface area contributed by atoms with Gasteiger partial charge in [0.25, 0.3) is 0 Å². The Bertz CT molecular complexity index is 948. The molecule has 0 radical (unpaired) electrons. The number of fused-ring (bicyclic) bond motifs is 1. The first-order valence-electron chi connectivity index (χ1n) is 8.37. The fourth-order valence-corrected chi connectivity index (χ4v) is 3.84. The van der Waals surface area contributed by atoms with Crippen LogP contribution in [0.4, 0.5) is 8.78 Å². The smallest absolute Gasteiger partial charge is 0.186 e. The van der Waals surface area contributed by atoms with E-state index in [1.165, 1.54) is 18.9 Å². The lowest BCUT2D eigenvalue weighted by molar-refractivity contribution is 0.461. The van der Waals surface area contributed by atoms with Crippen molar-refractivity contribution in [3.8, 4) is 17.1 Å². The Morgan fingerprint density at radius 2 is 1.92 bits per heavy atom. The number of phenols is 1. The van der Waals surface area contributed by atoms with E-state index in [4.69, 9.17) is 11.6 Å². The van der Waals surface area contributed by atoms with Crippen LogP contribution in [0, 0.1) is 17.6 Å². The molecule has 3 aromatic rings. The van der Waals surface area contributed by atoms with Gasteiger partial charge in [-0.15, -0.1) is 0 Å². The van der Waals surface area contributed by atoms with Gasteiger partial charge in [-0.05, 0) is 49.1 Å². The normalized spacial score (nSPS) is 15.3. The minimum Gasteiger partial charge on any atom is -0.507 e. The van der Waals surface area contributed by atoms with Crippen LogP contribution in [0.15, 0.2) is 30.3 Å². The highest BCUT2D eigenvalue weighted by Crippen LogP contribution is 2.36. The number of nitrogens with zero attached hydrogens (tertiary/aromatic N) is 2. The Kier molecular flexibility index (Phi) is 4.12. The Morgan fingerprint density at radius 1 is 1.16 bits per heavy atom. The van der Waals surface area contributed by atoms with Crippen LogP contribution in [0.25, 0.3) is 22.4 Å². The van der Waals surface area contributed by atoms with Crippen molar-refractivity contribution in [3.05, 3.63) is 47.0 Å². The first kappa shape index (κ1) is 16.3. The molecule has 130 valence electrons. The fraction of sp³-hybridized carbons (Fsp3) is 0.316. The third kappa shape index (κ3) is 2.86. The van der Waals surface area contributed by atoms with E-state index >= 15 is 0 Å². The van der Waals surface area contributed by atoms with Crippen molar-refractivity contribution in [3.63, 3.8) is 0 Å². The van der Waals surface area contributed by atoms with Crippen molar-refractivity contribution in [1.29, 1.82) is 0 Å². The summed E-state index contributed by atoms with van der Waals surface area (Å²) in [6, 6.07) is 7.39. The molecule has 0 bridgehead atoms. The molecule has 0 unspecified atom stereocenters. The maximum absolute atomic E-state index is 14.3. The molecule has 25 heavy (non-hydrogen) atoms. The summed E-state index contributed by atoms with van der Waals surface area (Å²) in [4.78, 5) is 4.32. The highest BCUT2D eigenvalue weighted by atomic mass is 35.5. The van der Waals surface area contributed by atoms with E-state index in [0.717, 1.165) is 18.9 Å². The van der Waals surface area contributed by atoms with Gasteiger partial charge in [-0.25, -0.2) is 13.8 Å². The first-order chi connectivity index (χ1) is 12.0. The Hall–Kier alpha value is -2.14. The summed E-state index contributed by atoms with van der Waals surface area (Å²) >= 11 is 5.91. The van der Waals surface area contributed by atoms with Crippen LogP contribution < -0.4 is 0 Å². The van der Waals surface area contributed by atoms with E-state index in [1.54, 1.807) is 18.2 Å². The quantitative estimate of drug-likeness (QED) is 0.665. The number of halogens is 3. The van der Waals surface area contributed by atoms with Gasteiger partial charge in [-0.2, -0.15) is 0 Å². The molecule has 1 aromatic heterocycles. The summed E-state index contributed by atoms with van der Waals surface area (Å²) in [5, 5.41) is 10.7. The van der Waals surface area contributed by atoms with Crippen LogP contribution in [-0.2, 0) is 6.54 Å². The van der Waals surface area contributed by atoms with Gasteiger partial charge in [-0.1, -0.05) is 24.4 Å². The van der Waals surface area contributed by atoms with Crippen molar-refractivity contribution >= 4 is 22.6 Å². The van der Waals surface area contributed by atoms with Gasteiger partial charge < -0.3 is 9.67 Å². The van der Waals surface area contributed by atoms with Gasteiger partial charge in [0.05, 0.1) is 11.1 Å². The van der Waals surface area contributed by atoms with Gasteiger partial charge >= 0.3 is 0 Å². The van der Waals surface area contributed by atoms with E-state index in [1.807, 2.05) is 4.57 Å². The second kappa shape index (κ2) is 6.30. The summed E-state index contributed by atoms with van der Waals surface area (Å²) < 4.78 is 29.8. The largest absolute Gasteiger partial charge is 0.507 e. The van der Waals surface area contributed by atoms with Crippen LogP contribution in [0.3, 0.4) is 0 Å². The summed E-state index contributed by atoms with van der Waals surface area (Å²) in [5.74, 6) is -1.02. The lowest BCUT2D eigenvalue weighted by Gasteiger charge is -2.15. The minimum absolute atomic E-state index is 0.0117. The second-order valence-electron chi connectivity index (χ2n) is 6.59. The van der Waals surface area contributed by atoms with Crippen LogP contribution in [0.2, 0.25) is 5.02 Å². The lowest BCUT2D eigenvalue weighted by Crippen LogP contribution is -2.09. The molecule has 3 nitrogen and oxygen atoms in total. The zero-order valence-electron chi connectivity index (χ0n) is 13.5. The highest BCUT2D eigenvalue weighted by molar-refractivity contribution is 6.30. The summed E-state index contributed by atoms with van der Waals surface area (Å²) in [6.45, 7) is 0.666. The zero-order chi connectivity index (χ0) is 17.6. The van der Waals surface area contributed by atoms with E-state index in [2.05, 4.69) is 4.98 Å². The number of hydrogen-bond donors (Lipinski definition) is 1. The van der Waals surface area contributed by atoms with Crippen molar-refractivity contribution in [2.75, 3.05) is 0 Å². The summed E-state index contributed by atoms with van der Waals surface area (Å²) in [5.41, 5.74) is 0.982. The minimum atomic E-state index is -0.961. The standard InChI is InChI=1S/C19H17ClF2N2O/c20-12-5-6-13(16(25)9-12)19-23-18-15(8-7-14(21)17(18)22)24(19)10-11-3-1-2-4-11/h5-9,11,25H,1-4,10H2. The third-order valence-corrected chi connectivity index (χ3v) is 5.16. The molecule has 2 aromatic carbocycles. The van der Waals surface area contributed by atoms with Crippen LogP contribution in [0.1, 0.15) is 25.7 Å². The lowest BCUT2D eigenvalue weighted by atomic mass is 10.1. The highest BCUT2D eigenvalue weighted by Gasteiger charge is 2.23. The van der Waals surface area contributed by atoms with E-state index in [0.29, 0.717) is 34.4 Å². The molecular weight excluding hydrogens is 346 g/mol. The molecule has 0 saturated heterocycles. The van der Waals surface area contributed by atoms with Gasteiger partial charge in [0, 0.05) is 11.6 Å². The molecule has 0 atom stereocenters. The summed E-state index contributed by atoms with van der Waals surface area (Å²) in [7, 11) is 0. The molecule has 0 aliphatic heterocycles. The van der Waals surface area contributed by atoms with Crippen LogP contribution >= 0.6 is 11.6 Å². The monoisotopic (exact) mass is 362 g/mol. The predicted octanol–water partition coefficient (Wildman–Crippen LogP) is 5.53. The Labute approximate surface area is 148 Å². The topological polar surface area (TPSA) is 38.1 Å². The average Bonchev–Trinajstić information content (AvgIpc) is 3.20. The first-order valence-corrected chi connectivity index (χ1v) is 8.75.